The van der Waals surface area contributed by atoms with Crippen LogP contribution in [0.2, 0.25) is 0 Å². The van der Waals surface area contributed by atoms with Crippen molar-refractivity contribution < 1.29 is 0 Å². The van der Waals surface area contributed by atoms with E-state index in [-0.39, 0.29) is 0 Å². The maximum atomic E-state index is 4.00. The highest BCUT2D eigenvalue weighted by Crippen LogP contribution is 2.69. The number of allylic oxidation sites excluding steroid dienone is 3. The minimum atomic E-state index is 0.963. The Hall–Kier alpha value is -0.520. The lowest BCUT2D eigenvalue weighted by Crippen LogP contribution is -2.36. The van der Waals surface area contributed by atoms with Gasteiger partial charge in [0.15, 0.2) is 0 Å². The van der Waals surface area contributed by atoms with Gasteiger partial charge in [-0.3, -0.25) is 0 Å². The Kier molecular flexibility index (Phi) is 2.14. The van der Waals surface area contributed by atoms with Crippen molar-refractivity contribution in [3.05, 3.63) is 24.8 Å². The smallest absolute Gasteiger partial charge is 0.0194 e. The summed E-state index contributed by atoms with van der Waals surface area (Å²) in [7, 11) is 0. The second-order valence-electron chi connectivity index (χ2n) is 6.93. The first-order chi connectivity index (χ1) is 8.35. The van der Waals surface area contributed by atoms with Crippen molar-refractivity contribution in [3.8, 4) is 0 Å². The SMILES string of the molecule is C=CCC1C(CC)C2CC1C1C3C=CC(C3)C21. The minimum Gasteiger partial charge on any atom is -0.103 e. The van der Waals surface area contributed by atoms with E-state index in [9.17, 15) is 0 Å². The van der Waals surface area contributed by atoms with E-state index in [2.05, 4.69) is 31.7 Å². The molecule has 4 rings (SSSR count). The molecule has 0 heteroatoms. The standard InChI is InChI=1S/C17H24/c1-3-5-13-12(4-2)14-9-15(13)17-11-7-6-10(8-11)16(14)17/h3,6-7,10-17H,1,4-5,8-9H2,2H3. The third kappa shape index (κ3) is 1.15. The van der Waals surface area contributed by atoms with Crippen LogP contribution < -0.4 is 0 Å². The fourth-order valence-corrected chi connectivity index (χ4v) is 6.44. The minimum absolute atomic E-state index is 0.963. The van der Waals surface area contributed by atoms with E-state index >= 15 is 0 Å². The Morgan fingerprint density at radius 1 is 1.06 bits per heavy atom. The second kappa shape index (κ2) is 3.49. The highest BCUT2D eigenvalue weighted by atomic mass is 14.7. The van der Waals surface area contributed by atoms with Crippen molar-refractivity contribution >= 4 is 0 Å². The van der Waals surface area contributed by atoms with Crippen molar-refractivity contribution in [3.63, 3.8) is 0 Å². The van der Waals surface area contributed by atoms with Gasteiger partial charge in [0, 0.05) is 0 Å². The average Bonchev–Trinajstić information content (AvgIpc) is 3.06. The van der Waals surface area contributed by atoms with Gasteiger partial charge in [-0.05, 0) is 66.6 Å². The van der Waals surface area contributed by atoms with E-state index in [1.165, 1.54) is 19.3 Å². The van der Waals surface area contributed by atoms with Crippen LogP contribution in [0.4, 0.5) is 0 Å². The lowest BCUT2D eigenvalue weighted by atomic mass is 9.63. The van der Waals surface area contributed by atoms with Crippen molar-refractivity contribution in [1.29, 1.82) is 0 Å². The molecule has 4 aliphatic carbocycles. The second-order valence-corrected chi connectivity index (χ2v) is 6.93. The Bertz CT molecular complexity index is 366. The van der Waals surface area contributed by atoms with Gasteiger partial charge in [-0.2, -0.15) is 0 Å². The third-order valence-electron chi connectivity index (χ3n) is 6.68. The summed E-state index contributed by atoms with van der Waals surface area (Å²) in [6, 6.07) is 0. The molecule has 0 aromatic heterocycles. The molecule has 0 spiro atoms. The molecule has 8 unspecified atom stereocenters. The maximum absolute atomic E-state index is 4.00. The molecule has 0 N–H and O–H groups in total. The zero-order valence-electron chi connectivity index (χ0n) is 10.9. The molecule has 0 aliphatic heterocycles. The summed E-state index contributed by atoms with van der Waals surface area (Å²) in [5.74, 6) is 8.21. The summed E-state index contributed by atoms with van der Waals surface area (Å²) in [6.07, 6.45) is 13.0. The molecule has 0 amide bonds. The number of rotatable bonds is 3. The molecule has 0 aromatic rings. The van der Waals surface area contributed by atoms with Gasteiger partial charge in [0.25, 0.3) is 0 Å². The average molecular weight is 228 g/mol. The van der Waals surface area contributed by atoms with Crippen LogP contribution in [-0.4, -0.2) is 0 Å². The molecule has 0 saturated heterocycles. The molecule has 0 radical (unpaired) electrons. The third-order valence-corrected chi connectivity index (χ3v) is 6.68. The largest absolute Gasteiger partial charge is 0.103 e. The molecule has 0 heterocycles. The Morgan fingerprint density at radius 3 is 2.29 bits per heavy atom. The van der Waals surface area contributed by atoms with Crippen LogP contribution in [-0.2, 0) is 0 Å². The zero-order valence-corrected chi connectivity index (χ0v) is 10.9. The van der Waals surface area contributed by atoms with Gasteiger partial charge < -0.3 is 0 Å². The van der Waals surface area contributed by atoms with Crippen molar-refractivity contribution in [2.75, 3.05) is 0 Å². The van der Waals surface area contributed by atoms with Gasteiger partial charge >= 0.3 is 0 Å². The first kappa shape index (κ1) is 10.4. The van der Waals surface area contributed by atoms with E-state index in [4.69, 9.17) is 0 Å². The molecule has 0 nitrogen and oxygen atoms in total. The lowest BCUT2D eigenvalue weighted by Gasteiger charge is -2.41. The van der Waals surface area contributed by atoms with E-state index in [1.54, 1.807) is 6.42 Å². The summed E-state index contributed by atoms with van der Waals surface area (Å²) in [5.41, 5.74) is 0. The Morgan fingerprint density at radius 2 is 1.71 bits per heavy atom. The first-order valence-electron chi connectivity index (χ1n) is 7.64. The van der Waals surface area contributed by atoms with Crippen LogP contribution in [0.25, 0.3) is 0 Å². The normalized spacial score (nSPS) is 57.7. The lowest BCUT2D eigenvalue weighted by molar-refractivity contribution is 0.0867. The molecule has 3 saturated carbocycles. The highest BCUT2D eigenvalue weighted by Gasteiger charge is 2.63. The number of hydrogen-bond acceptors (Lipinski definition) is 0. The molecule has 92 valence electrons. The number of fused-ring (bicyclic) bond motifs is 9. The molecular formula is C17H24. The van der Waals surface area contributed by atoms with Crippen LogP contribution in [0.1, 0.15) is 32.6 Å². The Balaban J connectivity index is 1.68. The van der Waals surface area contributed by atoms with E-state index in [1.807, 2.05) is 0 Å². The van der Waals surface area contributed by atoms with Crippen LogP contribution in [0.5, 0.6) is 0 Å². The van der Waals surface area contributed by atoms with Gasteiger partial charge in [-0.1, -0.05) is 31.6 Å². The van der Waals surface area contributed by atoms with Crippen molar-refractivity contribution in [2.24, 2.45) is 47.3 Å². The fourth-order valence-electron chi connectivity index (χ4n) is 6.44. The molecule has 0 aromatic carbocycles. The summed E-state index contributed by atoms with van der Waals surface area (Å²) < 4.78 is 0. The van der Waals surface area contributed by atoms with Crippen molar-refractivity contribution in [2.45, 2.75) is 32.6 Å². The monoisotopic (exact) mass is 228 g/mol. The van der Waals surface area contributed by atoms with E-state index in [0.717, 1.165) is 47.3 Å². The Labute approximate surface area is 105 Å². The zero-order chi connectivity index (χ0) is 11.6. The predicted molar refractivity (Wildman–Crippen MR) is 71.4 cm³/mol. The van der Waals surface area contributed by atoms with Gasteiger partial charge in [-0.25, -0.2) is 0 Å². The summed E-state index contributed by atoms with van der Waals surface area (Å²) in [6.45, 7) is 6.41. The molecule has 4 bridgehead atoms. The van der Waals surface area contributed by atoms with Gasteiger partial charge in [0.05, 0.1) is 0 Å². The molecule has 17 heavy (non-hydrogen) atoms. The van der Waals surface area contributed by atoms with Crippen LogP contribution in [0.3, 0.4) is 0 Å². The molecule has 3 fully saturated rings. The van der Waals surface area contributed by atoms with Crippen LogP contribution >= 0.6 is 0 Å². The van der Waals surface area contributed by atoms with Gasteiger partial charge in [0.1, 0.15) is 0 Å². The first-order valence-corrected chi connectivity index (χ1v) is 7.64. The molecular weight excluding hydrogens is 204 g/mol. The quantitative estimate of drug-likeness (QED) is 0.499. The summed E-state index contributed by atoms with van der Waals surface area (Å²) >= 11 is 0. The maximum Gasteiger partial charge on any atom is -0.0194 e. The fraction of sp³-hybridized carbons (Fsp3) is 0.765. The van der Waals surface area contributed by atoms with E-state index in [0.29, 0.717) is 0 Å². The van der Waals surface area contributed by atoms with Gasteiger partial charge in [-0.15, -0.1) is 6.58 Å². The van der Waals surface area contributed by atoms with Crippen molar-refractivity contribution in [1.82, 2.24) is 0 Å². The topological polar surface area (TPSA) is 0 Å². The number of hydrogen-bond donors (Lipinski definition) is 0. The molecule has 4 aliphatic rings. The summed E-state index contributed by atoms with van der Waals surface area (Å²) in [4.78, 5) is 0. The molecule has 8 atom stereocenters. The van der Waals surface area contributed by atoms with Crippen LogP contribution in [0.15, 0.2) is 24.8 Å². The summed E-state index contributed by atoms with van der Waals surface area (Å²) in [5, 5.41) is 0. The predicted octanol–water partition coefficient (Wildman–Crippen LogP) is 4.29. The van der Waals surface area contributed by atoms with Crippen LogP contribution in [0, 0.1) is 47.3 Å². The highest BCUT2D eigenvalue weighted by molar-refractivity contribution is 5.22. The van der Waals surface area contributed by atoms with Gasteiger partial charge in [0.2, 0.25) is 0 Å². The van der Waals surface area contributed by atoms with E-state index < -0.39 is 0 Å².